The van der Waals surface area contributed by atoms with Gasteiger partial charge >= 0.3 is 0 Å². The topological polar surface area (TPSA) is 97.3 Å². The number of nitrogens with zero attached hydrogens (tertiary/aromatic N) is 5. The molecule has 1 saturated heterocycles. The van der Waals surface area contributed by atoms with Gasteiger partial charge in [-0.3, -0.25) is 0 Å². The lowest BCUT2D eigenvalue weighted by molar-refractivity contribution is -0.190. The maximum absolute atomic E-state index is 6.49. The molecular weight excluding hydrogens is 469 g/mol. The second-order valence-corrected chi connectivity index (χ2v) is 8.33. The van der Waals surface area contributed by atoms with Crippen LogP contribution in [0.5, 0.6) is 5.75 Å². The first-order valence-corrected chi connectivity index (χ1v) is 10.9. The second-order valence-electron chi connectivity index (χ2n) is 7.48. The number of rotatable bonds is 7. The zero-order valence-corrected chi connectivity index (χ0v) is 19.0. The summed E-state index contributed by atoms with van der Waals surface area (Å²) in [5, 5.41) is 13.0. The normalized spacial score (nSPS) is 20.3. The average Bonchev–Trinajstić information content (AvgIpc) is 3.55. The van der Waals surface area contributed by atoms with Gasteiger partial charge in [-0.05, 0) is 36.4 Å². The van der Waals surface area contributed by atoms with Crippen molar-refractivity contribution in [3.05, 3.63) is 76.6 Å². The van der Waals surface area contributed by atoms with Crippen molar-refractivity contribution in [2.24, 2.45) is 0 Å². The molecule has 0 radical (unpaired) electrons. The van der Waals surface area contributed by atoms with Gasteiger partial charge in [-0.25, -0.2) is 9.67 Å². The second kappa shape index (κ2) is 9.11. The fraction of sp³-hybridized carbons (Fsp3) is 0.273. The van der Waals surface area contributed by atoms with Crippen molar-refractivity contribution in [3.63, 3.8) is 0 Å². The van der Waals surface area contributed by atoms with E-state index in [4.69, 9.17) is 41.8 Å². The Morgan fingerprint density at radius 3 is 2.70 bits per heavy atom. The van der Waals surface area contributed by atoms with Gasteiger partial charge in [-0.15, -0.1) is 10.2 Å². The Morgan fingerprint density at radius 2 is 2.00 bits per heavy atom. The Kier molecular flexibility index (Phi) is 6.03. The van der Waals surface area contributed by atoms with Crippen LogP contribution in [-0.4, -0.2) is 44.3 Å². The minimum atomic E-state index is -1.15. The van der Waals surface area contributed by atoms with Crippen molar-refractivity contribution >= 4 is 23.2 Å². The summed E-state index contributed by atoms with van der Waals surface area (Å²) in [6.45, 7) is 2.61. The quantitative estimate of drug-likeness (QED) is 0.380. The lowest BCUT2D eigenvalue weighted by Crippen LogP contribution is -2.35. The van der Waals surface area contributed by atoms with Gasteiger partial charge < -0.3 is 18.6 Å². The van der Waals surface area contributed by atoms with E-state index in [9.17, 15) is 0 Å². The van der Waals surface area contributed by atoms with E-state index in [2.05, 4.69) is 20.3 Å². The number of aromatic nitrogens is 5. The third-order valence-electron chi connectivity index (χ3n) is 5.10. The number of hydrogen-bond donors (Lipinski definition) is 0. The van der Waals surface area contributed by atoms with Crippen molar-refractivity contribution in [1.82, 2.24) is 25.0 Å². The lowest BCUT2D eigenvalue weighted by atomic mass is 10.1. The summed E-state index contributed by atoms with van der Waals surface area (Å²) in [7, 11) is 0. The minimum absolute atomic E-state index is 0.267. The van der Waals surface area contributed by atoms with Gasteiger partial charge in [-0.2, -0.15) is 5.10 Å². The summed E-state index contributed by atoms with van der Waals surface area (Å²) in [5.74, 6) is 0.503. The Balaban J connectivity index is 1.29. The fourth-order valence-electron chi connectivity index (χ4n) is 3.58. The number of benzene rings is 2. The van der Waals surface area contributed by atoms with E-state index in [-0.39, 0.29) is 19.3 Å². The third kappa shape index (κ3) is 4.72. The molecule has 1 aliphatic rings. The molecule has 5 rings (SSSR count). The molecule has 1 aliphatic heterocycles. The highest BCUT2D eigenvalue weighted by molar-refractivity contribution is 6.35. The standard InChI is InChI=1S/C22H19Cl2N5O4/c1-14-27-28-21(32-14)15-2-5-17(6-3-15)30-9-18-10-31-22(33-18,11-29-13-25-12-26-29)19-7-4-16(23)8-20(19)24/h2-8,12-13,18H,9-11H2,1H3. The summed E-state index contributed by atoms with van der Waals surface area (Å²) < 4.78 is 25.5. The predicted octanol–water partition coefficient (Wildman–Crippen LogP) is 4.29. The molecule has 1 fully saturated rings. The summed E-state index contributed by atoms with van der Waals surface area (Å²) in [6.07, 6.45) is 2.71. The molecular formula is C22H19Cl2N5O4. The van der Waals surface area contributed by atoms with Gasteiger partial charge in [-0.1, -0.05) is 29.3 Å². The van der Waals surface area contributed by atoms with E-state index in [0.717, 1.165) is 5.56 Å². The molecule has 11 heteroatoms. The third-order valence-corrected chi connectivity index (χ3v) is 5.65. The summed E-state index contributed by atoms with van der Waals surface area (Å²) in [6, 6.07) is 12.6. The number of aryl methyl sites for hydroxylation is 1. The van der Waals surface area contributed by atoms with Crippen molar-refractivity contribution in [2.75, 3.05) is 13.2 Å². The first-order valence-electron chi connectivity index (χ1n) is 10.1. The van der Waals surface area contributed by atoms with E-state index in [1.807, 2.05) is 24.3 Å². The maximum atomic E-state index is 6.49. The van der Waals surface area contributed by atoms with Gasteiger partial charge in [0.05, 0.1) is 11.6 Å². The van der Waals surface area contributed by atoms with E-state index in [0.29, 0.717) is 39.7 Å². The maximum Gasteiger partial charge on any atom is 0.247 e. The van der Waals surface area contributed by atoms with Crippen LogP contribution in [0.2, 0.25) is 10.0 Å². The van der Waals surface area contributed by atoms with Gasteiger partial charge in [0.1, 0.15) is 37.7 Å². The molecule has 4 aromatic rings. The Labute approximate surface area is 199 Å². The van der Waals surface area contributed by atoms with Crippen LogP contribution in [0, 0.1) is 6.92 Å². The van der Waals surface area contributed by atoms with Crippen LogP contribution in [0.1, 0.15) is 11.5 Å². The molecule has 33 heavy (non-hydrogen) atoms. The highest BCUT2D eigenvalue weighted by Crippen LogP contribution is 2.40. The fourth-order valence-corrected chi connectivity index (χ4v) is 4.13. The first-order chi connectivity index (χ1) is 16.0. The van der Waals surface area contributed by atoms with Gasteiger partial charge in [0.15, 0.2) is 0 Å². The monoisotopic (exact) mass is 487 g/mol. The molecule has 170 valence electrons. The highest BCUT2D eigenvalue weighted by Gasteiger charge is 2.45. The molecule has 0 amide bonds. The Hall–Kier alpha value is -2.98. The van der Waals surface area contributed by atoms with Crippen molar-refractivity contribution in [3.8, 4) is 17.2 Å². The summed E-state index contributed by atoms with van der Waals surface area (Å²) in [4.78, 5) is 4.00. The Morgan fingerprint density at radius 1 is 1.15 bits per heavy atom. The molecule has 2 aromatic heterocycles. The summed E-state index contributed by atoms with van der Waals surface area (Å²) >= 11 is 12.6. The van der Waals surface area contributed by atoms with Gasteiger partial charge in [0.2, 0.25) is 17.6 Å². The lowest BCUT2D eigenvalue weighted by Gasteiger charge is -2.29. The number of halogens is 2. The van der Waals surface area contributed by atoms with Crippen LogP contribution in [0.15, 0.2) is 59.5 Å². The van der Waals surface area contributed by atoms with Gasteiger partial charge in [0, 0.05) is 23.1 Å². The van der Waals surface area contributed by atoms with E-state index in [1.165, 1.54) is 6.33 Å². The first kappa shape index (κ1) is 21.8. The molecule has 0 N–H and O–H groups in total. The molecule has 9 nitrogen and oxygen atoms in total. The van der Waals surface area contributed by atoms with E-state index in [1.54, 1.807) is 36.1 Å². The van der Waals surface area contributed by atoms with Gasteiger partial charge in [0.25, 0.3) is 0 Å². The van der Waals surface area contributed by atoms with Crippen LogP contribution < -0.4 is 4.74 Å². The largest absolute Gasteiger partial charge is 0.491 e. The van der Waals surface area contributed by atoms with Crippen molar-refractivity contribution in [1.29, 1.82) is 0 Å². The van der Waals surface area contributed by atoms with Crippen LogP contribution in [-0.2, 0) is 21.8 Å². The smallest absolute Gasteiger partial charge is 0.247 e. The van der Waals surface area contributed by atoms with Crippen LogP contribution in [0.4, 0.5) is 0 Å². The predicted molar refractivity (Wildman–Crippen MR) is 119 cm³/mol. The molecule has 0 aliphatic carbocycles. The van der Waals surface area contributed by atoms with E-state index < -0.39 is 5.79 Å². The van der Waals surface area contributed by atoms with Crippen LogP contribution >= 0.6 is 23.2 Å². The Bertz CT molecular complexity index is 1230. The van der Waals surface area contributed by atoms with Crippen molar-refractivity contribution in [2.45, 2.75) is 25.4 Å². The zero-order chi connectivity index (χ0) is 22.8. The molecule has 3 heterocycles. The SMILES string of the molecule is Cc1nnc(-c2ccc(OCC3COC(Cn4cncn4)(c4ccc(Cl)cc4Cl)O3)cc2)o1. The molecule has 0 saturated carbocycles. The molecule has 0 bridgehead atoms. The van der Waals surface area contributed by atoms with Crippen LogP contribution in [0.25, 0.3) is 11.5 Å². The van der Waals surface area contributed by atoms with Crippen molar-refractivity contribution < 1.29 is 18.6 Å². The number of hydrogen-bond acceptors (Lipinski definition) is 8. The molecule has 2 aromatic carbocycles. The van der Waals surface area contributed by atoms with Crippen LogP contribution in [0.3, 0.4) is 0 Å². The van der Waals surface area contributed by atoms with E-state index >= 15 is 0 Å². The molecule has 2 unspecified atom stereocenters. The average molecular weight is 488 g/mol. The minimum Gasteiger partial charge on any atom is -0.491 e. The zero-order valence-electron chi connectivity index (χ0n) is 17.5. The highest BCUT2D eigenvalue weighted by atomic mass is 35.5. The summed E-state index contributed by atoms with van der Waals surface area (Å²) in [5.41, 5.74) is 1.47. The molecule has 0 spiro atoms. The molecule has 2 atom stereocenters. The number of ether oxygens (including phenoxy) is 3.